The minimum atomic E-state index is -0.768. The number of allylic oxidation sites excluding steroid dienone is 4. The van der Waals surface area contributed by atoms with Crippen molar-refractivity contribution in [2.45, 2.75) is 60.6 Å². The Kier molecular flexibility index (Phi) is 5.85. The summed E-state index contributed by atoms with van der Waals surface area (Å²) in [5.41, 5.74) is 2.63. The molecule has 0 bridgehead atoms. The van der Waals surface area contributed by atoms with Crippen molar-refractivity contribution in [3.8, 4) is 0 Å². The molecule has 0 N–H and O–H groups in total. The first-order chi connectivity index (χ1) is 6.82. The van der Waals surface area contributed by atoms with Crippen LogP contribution in [0.3, 0.4) is 0 Å². The average Bonchev–Trinajstić information content (AvgIpc) is 2.02. The zero-order valence-corrected chi connectivity index (χ0v) is 11.0. The van der Waals surface area contributed by atoms with Gasteiger partial charge in [0.15, 0.2) is 0 Å². The van der Waals surface area contributed by atoms with E-state index in [-0.39, 0.29) is 5.41 Å². The van der Waals surface area contributed by atoms with E-state index in [2.05, 4.69) is 34.6 Å². The molecule has 0 nitrogen and oxygen atoms in total. The fourth-order valence-electron chi connectivity index (χ4n) is 1.70. The predicted molar refractivity (Wildman–Crippen MR) is 66.8 cm³/mol. The molecule has 0 spiro atoms. The maximum atomic E-state index is 12.9. The van der Waals surface area contributed by atoms with Gasteiger partial charge in [-0.2, -0.15) is 0 Å². The lowest BCUT2D eigenvalue weighted by Crippen LogP contribution is -2.14. The molecule has 0 saturated carbocycles. The molecule has 1 rings (SSSR count). The monoisotopic (exact) mass is 212 g/mol. The van der Waals surface area contributed by atoms with Crippen LogP contribution in [0.4, 0.5) is 4.39 Å². The topological polar surface area (TPSA) is 0 Å². The highest BCUT2D eigenvalue weighted by Gasteiger charge is 2.21. The van der Waals surface area contributed by atoms with E-state index < -0.39 is 6.17 Å². The Morgan fingerprint density at radius 1 is 1.33 bits per heavy atom. The molecule has 0 aromatic rings. The van der Waals surface area contributed by atoms with Crippen molar-refractivity contribution >= 4 is 0 Å². The van der Waals surface area contributed by atoms with Crippen LogP contribution >= 0.6 is 0 Å². The van der Waals surface area contributed by atoms with Gasteiger partial charge < -0.3 is 0 Å². The Labute approximate surface area is 94.3 Å². The summed E-state index contributed by atoms with van der Waals surface area (Å²) in [6, 6.07) is 0. The fourth-order valence-corrected chi connectivity index (χ4v) is 1.70. The van der Waals surface area contributed by atoms with Crippen LogP contribution in [0.15, 0.2) is 23.3 Å². The van der Waals surface area contributed by atoms with Gasteiger partial charge in [-0.1, -0.05) is 58.8 Å². The van der Waals surface area contributed by atoms with Gasteiger partial charge in [0, 0.05) is 6.42 Å². The van der Waals surface area contributed by atoms with E-state index >= 15 is 0 Å². The number of halogens is 1. The highest BCUT2D eigenvalue weighted by atomic mass is 19.1. The molecule has 1 aliphatic carbocycles. The molecule has 0 saturated heterocycles. The lowest BCUT2D eigenvalue weighted by molar-refractivity contribution is 0.386. The largest absolute Gasteiger partial charge is 0.243 e. The molecule has 1 heteroatoms. The van der Waals surface area contributed by atoms with Crippen molar-refractivity contribution in [2.75, 3.05) is 0 Å². The maximum Gasteiger partial charge on any atom is 0.122 e. The molecular formula is C14H25F. The second-order valence-corrected chi connectivity index (χ2v) is 5.23. The number of rotatable bonds is 0. The smallest absolute Gasteiger partial charge is 0.122 e. The van der Waals surface area contributed by atoms with Crippen LogP contribution in [0, 0.1) is 5.41 Å². The standard InChI is InChI=1S/C11H17F.C3H8/c1-8-7-9(12)5-6-10(8)11(2,3)4;1-3-2/h5-6,9H,7H2,1-4H3;3H2,1-2H3. The molecular weight excluding hydrogens is 187 g/mol. The quantitative estimate of drug-likeness (QED) is 0.526. The van der Waals surface area contributed by atoms with E-state index in [4.69, 9.17) is 0 Å². The number of alkyl halides is 1. The summed E-state index contributed by atoms with van der Waals surface area (Å²) < 4.78 is 12.9. The molecule has 1 atom stereocenters. The molecule has 88 valence electrons. The third-order valence-corrected chi connectivity index (χ3v) is 2.24. The molecule has 1 aliphatic rings. The van der Waals surface area contributed by atoms with Crippen LogP contribution in [0.2, 0.25) is 0 Å². The highest BCUT2D eigenvalue weighted by Crippen LogP contribution is 2.33. The van der Waals surface area contributed by atoms with Crippen molar-refractivity contribution < 1.29 is 4.39 Å². The normalized spacial score (nSPS) is 21.1. The second-order valence-electron chi connectivity index (χ2n) is 5.23. The summed E-state index contributed by atoms with van der Waals surface area (Å²) in [5, 5.41) is 0. The average molecular weight is 212 g/mol. The van der Waals surface area contributed by atoms with Gasteiger partial charge >= 0.3 is 0 Å². The third-order valence-electron chi connectivity index (χ3n) is 2.24. The van der Waals surface area contributed by atoms with Crippen LogP contribution in [0.5, 0.6) is 0 Å². The predicted octanol–water partition coefficient (Wildman–Crippen LogP) is 5.06. The Balaban J connectivity index is 0.000000583. The second kappa shape index (κ2) is 6.09. The molecule has 0 aromatic heterocycles. The van der Waals surface area contributed by atoms with Gasteiger partial charge in [-0.25, -0.2) is 4.39 Å². The molecule has 0 fully saturated rings. The molecule has 0 amide bonds. The van der Waals surface area contributed by atoms with Crippen LogP contribution < -0.4 is 0 Å². The Morgan fingerprint density at radius 2 is 1.80 bits per heavy atom. The van der Waals surface area contributed by atoms with Gasteiger partial charge in [0.1, 0.15) is 6.17 Å². The van der Waals surface area contributed by atoms with Gasteiger partial charge in [-0.3, -0.25) is 0 Å². The zero-order chi connectivity index (χ0) is 12.1. The van der Waals surface area contributed by atoms with Crippen molar-refractivity contribution in [1.82, 2.24) is 0 Å². The highest BCUT2D eigenvalue weighted by molar-refractivity contribution is 5.34. The lowest BCUT2D eigenvalue weighted by atomic mass is 9.80. The minimum Gasteiger partial charge on any atom is -0.243 e. The van der Waals surface area contributed by atoms with E-state index in [9.17, 15) is 4.39 Å². The first-order valence-electron chi connectivity index (χ1n) is 5.85. The lowest BCUT2D eigenvalue weighted by Gasteiger charge is -2.26. The van der Waals surface area contributed by atoms with E-state index in [0.29, 0.717) is 6.42 Å². The molecule has 0 aliphatic heterocycles. The SMILES string of the molecule is CC1=C(C(C)(C)C)C=CC(F)C1.CCC. The first-order valence-corrected chi connectivity index (χ1v) is 5.85. The van der Waals surface area contributed by atoms with Crippen LogP contribution in [0.1, 0.15) is 54.4 Å². The number of hydrogen-bond acceptors (Lipinski definition) is 0. The van der Waals surface area contributed by atoms with Crippen LogP contribution in [-0.4, -0.2) is 6.17 Å². The summed E-state index contributed by atoms with van der Waals surface area (Å²) in [5.74, 6) is 0. The molecule has 0 heterocycles. The molecule has 0 aromatic carbocycles. The van der Waals surface area contributed by atoms with Gasteiger partial charge in [0.25, 0.3) is 0 Å². The van der Waals surface area contributed by atoms with Crippen molar-refractivity contribution in [3.63, 3.8) is 0 Å². The third kappa shape index (κ3) is 5.15. The maximum absolute atomic E-state index is 12.9. The van der Waals surface area contributed by atoms with E-state index in [1.54, 1.807) is 6.08 Å². The van der Waals surface area contributed by atoms with E-state index in [0.717, 1.165) is 0 Å². The number of hydrogen-bond donors (Lipinski definition) is 0. The Hall–Kier alpha value is -0.590. The zero-order valence-electron chi connectivity index (χ0n) is 11.0. The van der Waals surface area contributed by atoms with Crippen LogP contribution in [-0.2, 0) is 0 Å². The Morgan fingerprint density at radius 3 is 2.13 bits per heavy atom. The molecule has 15 heavy (non-hydrogen) atoms. The minimum absolute atomic E-state index is 0.153. The summed E-state index contributed by atoms with van der Waals surface area (Å²) in [7, 11) is 0. The van der Waals surface area contributed by atoms with E-state index in [1.165, 1.54) is 17.6 Å². The van der Waals surface area contributed by atoms with Gasteiger partial charge in [-0.05, 0) is 17.9 Å². The van der Waals surface area contributed by atoms with Crippen molar-refractivity contribution in [3.05, 3.63) is 23.3 Å². The van der Waals surface area contributed by atoms with Crippen molar-refractivity contribution in [1.29, 1.82) is 0 Å². The molecule has 0 radical (unpaired) electrons. The first kappa shape index (κ1) is 14.4. The summed E-state index contributed by atoms with van der Waals surface area (Å²) in [6.45, 7) is 12.8. The van der Waals surface area contributed by atoms with Gasteiger partial charge in [-0.15, -0.1) is 0 Å². The van der Waals surface area contributed by atoms with Crippen LogP contribution in [0.25, 0.3) is 0 Å². The van der Waals surface area contributed by atoms with Crippen molar-refractivity contribution in [2.24, 2.45) is 5.41 Å². The fraction of sp³-hybridized carbons (Fsp3) is 0.714. The summed E-state index contributed by atoms with van der Waals surface area (Å²) in [6.07, 6.45) is 4.65. The summed E-state index contributed by atoms with van der Waals surface area (Å²) >= 11 is 0. The Bertz CT molecular complexity index is 241. The van der Waals surface area contributed by atoms with E-state index in [1.807, 2.05) is 13.0 Å². The van der Waals surface area contributed by atoms with Gasteiger partial charge in [0.2, 0.25) is 0 Å². The molecule has 1 unspecified atom stereocenters. The van der Waals surface area contributed by atoms with Gasteiger partial charge in [0.05, 0.1) is 0 Å². The summed E-state index contributed by atoms with van der Waals surface area (Å²) in [4.78, 5) is 0.